The molecule has 1 amide bonds. The van der Waals surface area contributed by atoms with Gasteiger partial charge in [-0.25, -0.2) is 16.8 Å². The molecule has 3 aromatic rings. The van der Waals surface area contributed by atoms with E-state index in [0.29, 0.717) is 5.69 Å². The van der Waals surface area contributed by atoms with E-state index in [1.54, 1.807) is 37.3 Å². The van der Waals surface area contributed by atoms with Crippen molar-refractivity contribution in [3.63, 3.8) is 0 Å². The van der Waals surface area contributed by atoms with Crippen molar-refractivity contribution in [1.29, 1.82) is 0 Å². The first-order chi connectivity index (χ1) is 15.7. The van der Waals surface area contributed by atoms with Gasteiger partial charge in [-0.3, -0.25) is 9.10 Å². The number of hydrogen-bond donors (Lipinski definition) is 1. The van der Waals surface area contributed by atoms with Crippen molar-refractivity contribution >= 4 is 31.5 Å². The second kappa shape index (κ2) is 10.6. The number of para-hydroxylation sites is 1. The smallest absolute Gasteiger partial charge is 0.264 e. The molecular formula is C24H26N2O5S2. The molecule has 0 heterocycles. The predicted octanol–water partition coefficient (Wildman–Crippen LogP) is 3.25. The van der Waals surface area contributed by atoms with Crippen LogP contribution in [0.4, 0.5) is 5.69 Å². The van der Waals surface area contributed by atoms with Crippen molar-refractivity contribution in [2.75, 3.05) is 22.4 Å². The molecule has 0 unspecified atom stereocenters. The number of sulfone groups is 1. The monoisotopic (exact) mass is 486 g/mol. The van der Waals surface area contributed by atoms with Crippen molar-refractivity contribution in [2.45, 2.75) is 18.4 Å². The maximum Gasteiger partial charge on any atom is 0.264 e. The maximum atomic E-state index is 13.6. The fourth-order valence-electron chi connectivity index (χ4n) is 3.15. The lowest BCUT2D eigenvalue weighted by atomic mass is 10.2. The second-order valence-corrected chi connectivity index (χ2v) is 11.7. The lowest BCUT2D eigenvalue weighted by Gasteiger charge is -2.25. The number of sulfonamides is 1. The van der Waals surface area contributed by atoms with Gasteiger partial charge >= 0.3 is 0 Å². The van der Waals surface area contributed by atoms with Gasteiger partial charge in [-0.05, 0) is 35.9 Å². The Hall–Kier alpha value is -3.17. The van der Waals surface area contributed by atoms with Gasteiger partial charge in [-0.15, -0.1) is 0 Å². The van der Waals surface area contributed by atoms with E-state index in [2.05, 4.69) is 5.32 Å². The average molecular weight is 487 g/mol. The third kappa shape index (κ3) is 6.43. The summed E-state index contributed by atoms with van der Waals surface area (Å²) in [6, 6.07) is 23.7. The number of amides is 1. The minimum absolute atomic E-state index is 0.00661. The van der Waals surface area contributed by atoms with Crippen LogP contribution in [-0.4, -0.2) is 40.8 Å². The van der Waals surface area contributed by atoms with Crippen LogP contribution >= 0.6 is 0 Å². The Morgan fingerprint density at radius 1 is 0.848 bits per heavy atom. The highest BCUT2D eigenvalue weighted by Gasteiger charge is 2.26. The Kier molecular flexibility index (Phi) is 7.88. The first-order valence-electron chi connectivity index (χ1n) is 10.4. The molecule has 1 N–H and O–H groups in total. The van der Waals surface area contributed by atoms with E-state index < -0.39 is 25.8 Å². The number of nitrogens with zero attached hydrogens (tertiary/aromatic N) is 1. The van der Waals surface area contributed by atoms with Crippen LogP contribution in [0.15, 0.2) is 89.8 Å². The van der Waals surface area contributed by atoms with E-state index in [9.17, 15) is 21.6 Å². The van der Waals surface area contributed by atoms with Gasteiger partial charge in [0, 0.05) is 17.9 Å². The van der Waals surface area contributed by atoms with Crippen LogP contribution < -0.4 is 9.62 Å². The summed E-state index contributed by atoms with van der Waals surface area (Å²) in [5, 5.41) is 2.54. The van der Waals surface area contributed by atoms with Crippen LogP contribution in [0.25, 0.3) is 0 Å². The number of hydrogen-bond acceptors (Lipinski definition) is 5. The van der Waals surface area contributed by atoms with E-state index in [0.717, 1.165) is 5.56 Å². The summed E-state index contributed by atoms with van der Waals surface area (Å²) < 4.78 is 51.8. The molecule has 9 heteroatoms. The molecule has 0 bridgehead atoms. The molecule has 0 radical (unpaired) electrons. The number of carbonyl (C=O) groups is 1. The second-order valence-electron chi connectivity index (χ2n) is 7.35. The van der Waals surface area contributed by atoms with Crippen LogP contribution in [0, 0.1) is 0 Å². The summed E-state index contributed by atoms with van der Waals surface area (Å²) in [6.45, 7) is 1.62. The number of nitrogens with one attached hydrogen (secondary N) is 1. The van der Waals surface area contributed by atoms with E-state index >= 15 is 0 Å². The van der Waals surface area contributed by atoms with E-state index in [4.69, 9.17) is 0 Å². The van der Waals surface area contributed by atoms with Gasteiger partial charge < -0.3 is 5.32 Å². The number of anilines is 1. The van der Waals surface area contributed by atoms with Gasteiger partial charge in [0.2, 0.25) is 0 Å². The van der Waals surface area contributed by atoms with E-state index in [-0.39, 0.29) is 35.1 Å². The average Bonchev–Trinajstić information content (AvgIpc) is 2.83. The minimum atomic E-state index is -4.00. The Morgan fingerprint density at radius 3 is 2.12 bits per heavy atom. The molecule has 0 saturated heterocycles. The highest BCUT2D eigenvalue weighted by Crippen LogP contribution is 2.26. The molecule has 0 atom stereocenters. The molecule has 3 rings (SSSR count). The van der Waals surface area contributed by atoms with Crippen LogP contribution in [0.3, 0.4) is 0 Å². The fraction of sp³-hybridized carbons (Fsp3) is 0.208. The van der Waals surface area contributed by atoms with Crippen LogP contribution in [-0.2, 0) is 26.4 Å². The fourth-order valence-corrected chi connectivity index (χ4v) is 5.35. The van der Waals surface area contributed by atoms with Gasteiger partial charge in [-0.2, -0.15) is 0 Å². The molecule has 7 nitrogen and oxygen atoms in total. The zero-order valence-electron chi connectivity index (χ0n) is 18.2. The topological polar surface area (TPSA) is 101 Å². The normalized spacial score (nSPS) is 11.7. The quantitative estimate of drug-likeness (QED) is 0.474. The summed E-state index contributed by atoms with van der Waals surface area (Å²) in [6.07, 6.45) is 0. The Balaban J connectivity index is 1.88. The third-order valence-corrected chi connectivity index (χ3v) is 8.51. The zero-order chi connectivity index (χ0) is 23.9. The SMILES string of the molecule is CCS(=O)(=O)CCNC(=O)c1cccc(S(=O)(=O)N(Cc2ccccc2)c2ccccc2)c1. The largest absolute Gasteiger partial charge is 0.351 e. The molecule has 0 saturated carbocycles. The summed E-state index contributed by atoms with van der Waals surface area (Å²) in [7, 11) is -7.22. The van der Waals surface area contributed by atoms with Gasteiger partial charge in [0.25, 0.3) is 15.9 Å². The molecule has 3 aromatic carbocycles. The Morgan fingerprint density at radius 2 is 1.48 bits per heavy atom. The number of carbonyl (C=O) groups excluding carboxylic acids is 1. The summed E-state index contributed by atoms with van der Waals surface area (Å²) in [5.74, 6) is -0.716. The van der Waals surface area contributed by atoms with Gasteiger partial charge in [0.05, 0.1) is 22.9 Å². The minimum Gasteiger partial charge on any atom is -0.351 e. The van der Waals surface area contributed by atoms with Crippen molar-refractivity contribution < 1.29 is 21.6 Å². The number of benzene rings is 3. The third-order valence-electron chi connectivity index (χ3n) is 5.04. The molecule has 0 fully saturated rings. The zero-order valence-corrected chi connectivity index (χ0v) is 19.8. The standard InChI is InChI=1S/C24H26N2O5S2/c1-2-32(28,29)17-16-25-24(27)21-12-9-15-23(18-21)33(30,31)26(22-13-7-4-8-14-22)19-20-10-5-3-6-11-20/h3-15,18H,2,16-17,19H2,1H3,(H,25,27). The summed E-state index contributed by atoms with van der Waals surface area (Å²) in [4.78, 5) is 12.5. The van der Waals surface area contributed by atoms with E-state index in [1.165, 1.54) is 28.6 Å². The molecule has 0 spiro atoms. The van der Waals surface area contributed by atoms with Gasteiger partial charge in [-0.1, -0.05) is 61.5 Å². The predicted molar refractivity (Wildman–Crippen MR) is 129 cm³/mol. The van der Waals surface area contributed by atoms with Crippen molar-refractivity contribution in [2.24, 2.45) is 0 Å². The van der Waals surface area contributed by atoms with Crippen LogP contribution in [0.2, 0.25) is 0 Å². The van der Waals surface area contributed by atoms with Gasteiger partial charge in [0.1, 0.15) is 0 Å². The first-order valence-corrected chi connectivity index (χ1v) is 13.7. The molecule has 0 aliphatic rings. The van der Waals surface area contributed by atoms with Crippen LogP contribution in [0.5, 0.6) is 0 Å². The molecule has 33 heavy (non-hydrogen) atoms. The summed E-state index contributed by atoms with van der Waals surface area (Å²) >= 11 is 0. The Labute approximate surface area is 195 Å². The summed E-state index contributed by atoms with van der Waals surface area (Å²) in [5.41, 5.74) is 1.45. The highest BCUT2D eigenvalue weighted by molar-refractivity contribution is 7.92. The molecule has 0 aromatic heterocycles. The molecule has 0 aliphatic heterocycles. The molecule has 0 aliphatic carbocycles. The highest BCUT2D eigenvalue weighted by atomic mass is 32.2. The first kappa shape index (κ1) is 24.5. The van der Waals surface area contributed by atoms with Crippen molar-refractivity contribution in [3.8, 4) is 0 Å². The van der Waals surface area contributed by atoms with Gasteiger partial charge in [0.15, 0.2) is 9.84 Å². The van der Waals surface area contributed by atoms with E-state index in [1.807, 2.05) is 30.3 Å². The molecule has 174 valence electrons. The molecular weight excluding hydrogens is 460 g/mol. The lowest BCUT2D eigenvalue weighted by molar-refractivity contribution is 0.0956. The lowest BCUT2D eigenvalue weighted by Crippen LogP contribution is -2.31. The maximum absolute atomic E-state index is 13.6. The van der Waals surface area contributed by atoms with Crippen molar-refractivity contribution in [1.82, 2.24) is 5.32 Å². The number of rotatable bonds is 10. The van der Waals surface area contributed by atoms with Crippen molar-refractivity contribution in [3.05, 3.63) is 96.1 Å². The Bertz CT molecular complexity index is 1290. The van der Waals surface area contributed by atoms with Crippen LogP contribution in [0.1, 0.15) is 22.8 Å².